The molecule has 29 heavy (non-hydrogen) atoms. The molecule has 4 rings (SSSR count). The zero-order valence-corrected chi connectivity index (χ0v) is 15.7. The molecule has 1 saturated heterocycles. The number of fused-ring (bicyclic) bond motifs is 1. The van der Waals surface area contributed by atoms with Crippen molar-refractivity contribution in [3.8, 4) is 0 Å². The summed E-state index contributed by atoms with van der Waals surface area (Å²) in [4.78, 5) is 26.6. The lowest BCUT2D eigenvalue weighted by molar-refractivity contribution is -0.402. The fourth-order valence-corrected chi connectivity index (χ4v) is 3.40. The highest BCUT2D eigenvalue weighted by Gasteiger charge is 2.26. The van der Waals surface area contributed by atoms with Gasteiger partial charge in [-0.2, -0.15) is 0 Å². The second-order valence-corrected chi connectivity index (χ2v) is 7.03. The van der Waals surface area contributed by atoms with Crippen LogP contribution in [0.25, 0.3) is 6.08 Å². The Labute approximate surface area is 165 Å². The van der Waals surface area contributed by atoms with Crippen molar-refractivity contribution in [1.82, 2.24) is 10.2 Å². The summed E-state index contributed by atoms with van der Waals surface area (Å²) in [6.07, 6.45) is 2.58. The molecule has 3 heterocycles. The van der Waals surface area contributed by atoms with Crippen LogP contribution in [0.1, 0.15) is 16.1 Å². The predicted octanol–water partition coefficient (Wildman–Crippen LogP) is 2.27. The van der Waals surface area contributed by atoms with E-state index < -0.39 is 22.8 Å². The molecule has 10 heteroatoms. The average Bonchev–Trinajstić information content (AvgIpc) is 3.17. The van der Waals surface area contributed by atoms with E-state index in [-0.39, 0.29) is 17.2 Å². The number of benzene rings is 1. The van der Waals surface area contributed by atoms with E-state index in [1.807, 2.05) is 11.9 Å². The number of halogens is 1. The molecule has 1 fully saturated rings. The van der Waals surface area contributed by atoms with E-state index in [2.05, 4.69) is 15.5 Å². The summed E-state index contributed by atoms with van der Waals surface area (Å²) < 4.78 is 19.7. The minimum atomic E-state index is -0.622. The van der Waals surface area contributed by atoms with Crippen molar-refractivity contribution in [2.45, 2.75) is 6.17 Å². The highest BCUT2D eigenvalue weighted by Crippen LogP contribution is 2.30. The zero-order chi connectivity index (χ0) is 20.5. The lowest BCUT2D eigenvalue weighted by Crippen LogP contribution is -2.46. The quantitative estimate of drug-likeness (QED) is 0.598. The van der Waals surface area contributed by atoms with E-state index in [1.54, 1.807) is 12.1 Å². The van der Waals surface area contributed by atoms with Gasteiger partial charge in [-0.25, -0.2) is 4.39 Å². The van der Waals surface area contributed by atoms with Gasteiger partial charge in [0.05, 0.1) is 23.0 Å². The molecule has 0 bridgehead atoms. The summed E-state index contributed by atoms with van der Waals surface area (Å²) in [6.45, 7) is 3.09. The first-order valence-corrected chi connectivity index (χ1v) is 9.17. The normalized spacial score (nSPS) is 19.7. The number of likely N-dealkylation sites (N-methyl/N-ethyl adjacent to an activating group) is 1. The molecule has 0 aliphatic carbocycles. The van der Waals surface area contributed by atoms with Crippen LogP contribution in [0.5, 0.6) is 0 Å². The van der Waals surface area contributed by atoms with E-state index in [1.165, 1.54) is 24.3 Å². The summed E-state index contributed by atoms with van der Waals surface area (Å²) in [6, 6.07) is 5.63. The maximum Gasteiger partial charge on any atom is 0.433 e. The number of furan rings is 1. The highest BCUT2D eigenvalue weighted by molar-refractivity contribution is 6.02. The Morgan fingerprint density at radius 1 is 1.24 bits per heavy atom. The Morgan fingerprint density at radius 3 is 2.69 bits per heavy atom. The lowest BCUT2D eigenvalue weighted by Gasteiger charge is -2.35. The summed E-state index contributed by atoms with van der Waals surface area (Å²) >= 11 is 0. The van der Waals surface area contributed by atoms with Gasteiger partial charge < -0.3 is 24.9 Å². The van der Waals surface area contributed by atoms with Crippen LogP contribution in [0.3, 0.4) is 0 Å². The lowest BCUT2D eigenvalue weighted by atomic mass is 10.1. The molecule has 2 aromatic rings. The van der Waals surface area contributed by atoms with Gasteiger partial charge >= 0.3 is 5.88 Å². The molecule has 1 unspecified atom stereocenters. The number of carbonyl (C=O) groups excluding carboxylic acids is 1. The summed E-state index contributed by atoms with van der Waals surface area (Å²) in [5, 5.41) is 16.5. The van der Waals surface area contributed by atoms with Gasteiger partial charge in [0.15, 0.2) is 0 Å². The Balaban J connectivity index is 1.54. The Bertz CT molecular complexity index is 981. The van der Waals surface area contributed by atoms with E-state index in [0.29, 0.717) is 24.5 Å². The standard InChI is InChI=1S/C19H20FN5O4/c1-23-6-8-24(9-7-23)16-11-15-13(10-14(16)20)19(26)22-17(21-15)4-2-12-3-5-18(29-12)25(27)28/h2-5,10-11,17,21H,6-9H2,1H3,(H,22,26)/b4-2+. The number of piperazine rings is 1. The maximum absolute atomic E-state index is 14.6. The van der Waals surface area contributed by atoms with Gasteiger partial charge in [-0.15, -0.1) is 0 Å². The Morgan fingerprint density at radius 2 is 2.00 bits per heavy atom. The smallest absolute Gasteiger partial charge is 0.401 e. The topological polar surface area (TPSA) is 104 Å². The molecule has 9 nitrogen and oxygen atoms in total. The molecule has 0 spiro atoms. The average molecular weight is 401 g/mol. The third kappa shape index (κ3) is 3.92. The summed E-state index contributed by atoms with van der Waals surface area (Å²) in [5.41, 5.74) is 1.23. The third-order valence-electron chi connectivity index (χ3n) is 5.02. The van der Waals surface area contributed by atoms with Crippen molar-refractivity contribution < 1.29 is 18.5 Å². The van der Waals surface area contributed by atoms with Gasteiger partial charge in [-0.05, 0) is 37.4 Å². The van der Waals surface area contributed by atoms with Crippen molar-refractivity contribution in [1.29, 1.82) is 0 Å². The number of hydrogen-bond donors (Lipinski definition) is 2. The van der Waals surface area contributed by atoms with Crippen LogP contribution in [-0.4, -0.2) is 55.1 Å². The molecule has 0 saturated carbocycles. The molecular weight excluding hydrogens is 381 g/mol. The van der Waals surface area contributed by atoms with Crippen LogP contribution in [0.15, 0.2) is 34.8 Å². The number of nitrogens with zero attached hydrogens (tertiary/aromatic N) is 3. The third-order valence-corrected chi connectivity index (χ3v) is 5.02. The fourth-order valence-electron chi connectivity index (χ4n) is 3.40. The van der Waals surface area contributed by atoms with E-state index >= 15 is 0 Å². The molecule has 1 atom stereocenters. The number of nitro groups is 1. The largest absolute Gasteiger partial charge is 0.433 e. The molecule has 1 amide bonds. The molecule has 2 N–H and O–H groups in total. The Kier molecular flexibility index (Phi) is 4.93. The van der Waals surface area contributed by atoms with Crippen molar-refractivity contribution in [3.63, 3.8) is 0 Å². The molecule has 2 aliphatic heterocycles. The van der Waals surface area contributed by atoms with Crippen molar-refractivity contribution in [2.75, 3.05) is 43.4 Å². The number of nitrogens with one attached hydrogen (secondary N) is 2. The van der Waals surface area contributed by atoms with E-state index in [9.17, 15) is 19.3 Å². The molecule has 1 aromatic heterocycles. The Hall–Kier alpha value is -3.40. The van der Waals surface area contributed by atoms with Gasteiger partial charge in [0, 0.05) is 26.2 Å². The number of rotatable bonds is 4. The molecule has 1 aromatic carbocycles. The number of anilines is 2. The second-order valence-electron chi connectivity index (χ2n) is 7.03. The molecule has 152 valence electrons. The van der Waals surface area contributed by atoms with Crippen LogP contribution in [-0.2, 0) is 0 Å². The number of carbonyl (C=O) groups is 1. The van der Waals surface area contributed by atoms with Gasteiger partial charge in [0.1, 0.15) is 22.7 Å². The maximum atomic E-state index is 14.6. The number of amides is 1. The molecular formula is C19H20FN5O4. The SMILES string of the molecule is CN1CCN(c2cc3c(cc2F)C(=O)NC(/C=C/c2ccc([N+](=O)[O-])o2)N3)CC1. The zero-order valence-electron chi connectivity index (χ0n) is 15.7. The van der Waals surface area contributed by atoms with E-state index in [0.717, 1.165) is 13.1 Å². The fraction of sp³-hybridized carbons (Fsp3) is 0.316. The van der Waals surface area contributed by atoms with E-state index in [4.69, 9.17) is 4.42 Å². The van der Waals surface area contributed by atoms with Crippen molar-refractivity contribution >= 4 is 29.2 Å². The molecule has 2 aliphatic rings. The summed E-state index contributed by atoms with van der Waals surface area (Å²) in [5.74, 6) is -0.900. The van der Waals surface area contributed by atoms with Crippen LogP contribution in [0.2, 0.25) is 0 Å². The van der Waals surface area contributed by atoms with Gasteiger partial charge in [0.2, 0.25) is 0 Å². The van der Waals surface area contributed by atoms with Gasteiger partial charge in [-0.3, -0.25) is 14.9 Å². The van der Waals surface area contributed by atoms with Crippen LogP contribution in [0.4, 0.5) is 21.6 Å². The monoisotopic (exact) mass is 401 g/mol. The molecule has 0 radical (unpaired) electrons. The van der Waals surface area contributed by atoms with Crippen LogP contribution >= 0.6 is 0 Å². The summed E-state index contributed by atoms with van der Waals surface area (Å²) in [7, 11) is 2.02. The van der Waals surface area contributed by atoms with Crippen LogP contribution < -0.4 is 15.5 Å². The van der Waals surface area contributed by atoms with Gasteiger partial charge in [-0.1, -0.05) is 0 Å². The number of hydrogen-bond acceptors (Lipinski definition) is 7. The second kappa shape index (κ2) is 7.55. The highest BCUT2D eigenvalue weighted by atomic mass is 19.1. The minimum Gasteiger partial charge on any atom is -0.401 e. The first-order valence-electron chi connectivity index (χ1n) is 9.17. The van der Waals surface area contributed by atoms with Crippen molar-refractivity contribution in [3.05, 3.63) is 57.6 Å². The predicted molar refractivity (Wildman–Crippen MR) is 105 cm³/mol. The van der Waals surface area contributed by atoms with Gasteiger partial charge in [0.25, 0.3) is 5.91 Å². The van der Waals surface area contributed by atoms with Crippen LogP contribution in [0, 0.1) is 15.9 Å². The first kappa shape index (κ1) is 18.9. The van der Waals surface area contributed by atoms with Crippen molar-refractivity contribution in [2.24, 2.45) is 0 Å². The minimum absolute atomic E-state index is 0.235. The first-order chi connectivity index (χ1) is 13.9.